The van der Waals surface area contributed by atoms with Crippen molar-refractivity contribution >= 4 is 12.0 Å². The molecule has 5 nitrogen and oxygen atoms in total. The highest BCUT2D eigenvalue weighted by atomic mass is 16.5. The molecule has 0 aromatic heterocycles. The summed E-state index contributed by atoms with van der Waals surface area (Å²) in [6.07, 6.45) is 2.71. The molecule has 1 atom stereocenters. The van der Waals surface area contributed by atoms with E-state index < -0.39 is 5.97 Å². The quantitative estimate of drug-likeness (QED) is 0.838. The number of likely N-dealkylation sites (N-methyl/N-ethyl adjacent to an activating group) is 1. The van der Waals surface area contributed by atoms with Gasteiger partial charge in [-0.3, -0.25) is 0 Å². The van der Waals surface area contributed by atoms with E-state index in [0.29, 0.717) is 19.0 Å². The first kappa shape index (κ1) is 15.5. The number of aliphatic carboxylic acids is 1. The van der Waals surface area contributed by atoms with Gasteiger partial charge in [-0.15, -0.1) is 0 Å². The molecular weight excluding hydrogens is 270 g/mol. The van der Waals surface area contributed by atoms with Crippen molar-refractivity contribution in [3.8, 4) is 5.75 Å². The van der Waals surface area contributed by atoms with Gasteiger partial charge in [0, 0.05) is 24.7 Å². The SMILES string of the molecule is Cc1ccc(OCC2CN(C)CCO2)c(C=CC(=O)O)c1. The smallest absolute Gasteiger partial charge is 0.328 e. The lowest BCUT2D eigenvalue weighted by atomic mass is 10.1. The fourth-order valence-electron chi connectivity index (χ4n) is 2.24. The van der Waals surface area contributed by atoms with Gasteiger partial charge in [0.25, 0.3) is 0 Å². The Hall–Kier alpha value is -1.85. The number of hydrogen-bond donors (Lipinski definition) is 1. The molecule has 1 aromatic carbocycles. The number of ether oxygens (including phenoxy) is 2. The summed E-state index contributed by atoms with van der Waals surface area (Å²) in [5.41, 5.74) is 1.82. The standard InChI is InChI=1S/C16H21NO4/c1-12-3-5-15(13(9-12)4-6-16(18)19)21-11-14-10-17(2)7-8-20-14/h3-6,9,14H,7-8,10-11H2,1-2H3,(H,18,19). The Kier molecular flexibility index (Phi) is 5.36. The molecule has 5 heteroatoms. The molecule has 0 bridgehead atoms. The summed E-state index contributed by atoms with van der Waals surface area (Å²) in [5.74, 6) is -0.297. The fraction of sp³-hybridized carbons (Fsp3) is 0.438. The molecule has 2 rings (SSSR count). The zero-order chi connectivity index (χ0) is 15.2. The molecule has 1 aliphatic heterocycles. The highest BCUT2D eigenvalue weighted by Crippen LogP contribution is 2.22. The first-order valence-corrected chi connectivity index (χ1v) is 6.99. The predicted octanol–water partition coefficient (Wildman–Crippen LogP) is 1.80. The molecule has 21 heavy (non-hydrogen) atoms. The van der Waals surface area contributed by atoms with Gasteiger partial charge in [-0.2, -0.15) is 0 Å². The van der Waals surface area contributed by atoms with Gasteiger partial charge in [0.2, 0.25) is 0 Å². The summed E-state index contributed by atoms with van der Waals surface area (Å²) < 4.78 is 11.5. The lowest BCUT2D eigenvalue weighted by Crippen LogP contribution is -2.42. The maximum atomic E-state index is 10.7. The van der Waals surface area contributed by atoms with E-state index in [1.807, 2.05) is 25.1 Å². The first-order chi connectivity index (χ1) is 10.0. The van der Waals surface area contributed by atoms with E-state index in [2.05, 4.69) is 11.9 Å². The van der Waals surface area contributed by atoms with Crippen LogP contribution in [0.4, 0.5) is 0 Å². The van der Waals surface area contributed by atoms with Crippen LogP contribution < -0.4 is 4.74 Å². The zero-order valence-electron chi connectivity index (χ0n) is 12.4. The fourth-order valence-corrected chi connectivity index (χ4v) is 2.24. The maximum absolute atomic E-state index is 10.7. The van der Waals surface area contributed by atoms with Gasteiger partial charge in [0.15, 0.2) is 0 Å². The number of aryl methyl sites for hydroxylation is 1. The average molecular weight is 291 g/mol. The summed E-state index contributed by atoms with van der Waals surface area (Å²) in [4.78, 5) is 12.9. The Bertz CT molecular complexity index is 527. The largest absolute Gasteiger partial charge is 0.490 e. The van der Waals surface area contributed by atoms with Crippen LogP contribution in [0.2, 0.25) is 0 Å². The van der Waals surface area contributed by atoms with E-state index >= 15 is 0 Å². The summed E-state index contributed by atoms with van der Waals surface area (Å²) >= 11 is 0. The summed E-state index contributed by atoms with van der Waals surface area (Å²) in [6.45, 7) is 4.91. The Morgan fingerprint density at radius 3 is 3.10 bits per heavy atom. The molecule has 0 amide bonds. The van der Waals surface area contributed by atoms with Crippen molar-refractivity contribution in [3.05, 3.63) is 35.4 Å². The van der Waals surface area contributed by atoms with E-state index in [-0.39, 0.29) is 6.10 Å². The van der Waals surface area contributed by atoms with Crippen molar-refractivity contribution in [1.82, 2.24) is 4.90 Å². The summed E-state index contributed by atoms with van der Waals surface area (Å²) in [5, 5.41) is 8.74. The number of rotatable bonds is 5. The van der Waals surface area contributed by atoms with Gasteiger partial charge in [-0.1, -0.05) is 11.6 Å². The van der Waals surface area contributed by atoms with Crippen molar-refractivity contribution in [2.24, 2.45) is 0 Å². The molecule has 1 heterocycles. The van der Waals surface area contributed by atoms with Gasteiger partial charge < -0.3 is 19.5 Å². The van der Waals surface area contributed by atoms with Crippen LogP contribution in [-0.4, -0.2) is 55.4 Å². The Morgan fingerprint density at radius 1 is 1.57 bits per heavy atom. The van der Waals surface area contributed by atoms with Crippen LogP contribution in [0.1, 0.15) is 11.1 Å². The van der Waals surface area contributed by atoms with E-state index in [1.165, 1.54) is 0 Å². The van der Waals surface area contributed by atoms with Crippen LogP contribution in [0, 0.1) is 6.92 Å². The highest BCUT2D eigenvalue weighted by molar-refractivity contribution is 5.85. The van der Waals surface area contributed by atoms with Crippen molar-refractivity contribution in [3.63, 3.8) is 0 Å². The van der Waals surface area contributed by atoms with Crippen LogP contribution in [0.15, 0.2) is 24.3 Å². The number of carbonyl (C=O) groups is 1. The van der Waals surface area contributed by atoms with Gasteiger partial charge in [-0.05, 0) is 32.2 Å². The minimum atomic E-state index is -0.973. The van der Waals surface area contributed by atoms with Crippen molar-refractivity contribution in [1.29, 1.82) is 0 Å². The lowest BCUT2D eigenvalue weighted by molar-refractivity contribution is -0.131. The number of carboxylic acids is 1. The third kappa shape index (κ3) is 4.88. The molecule has 1 saturated heterocycles. The number of benzene rings is 1. The van der Waals surface area contributed by atoms with Gasteiger partial charge in [0.1, 0.15) is 18.5 Å². The van der Waals surface area contributed by atoms with Crippen LogP contribution in [0.25, 0.3) is 6.08 Å². The number of hydrogen-bond acceptors (Lipinski definition) is 4. The molecule has 1 fully saturated rings. The molecule has 1 unspecified atom stereocenters. The third-order valence-electron chi connectivity index (χ3n) is 3.34. The molecule has 1 aliphatic rings. The number of nitrogens with zero attached hydrogens (tertiary/aromatic N) is 1. The van der Waals surface area contributed by atoms with Crippen molar-refractivity contribution in [2.45, 2.75) is 13.0 Å². The van der Waals surface area contributed by atoms with Gasteiger partial charge in [0.05, 0.1) is 6.61 Å². The minimum absolute atomic E-state index is 0.0429. The van der Waals surface area contributed by atoms with E-state index in [4.69, 9.17) is 14.6 Å². The van der Waals surface area contributed by atoms with Crippen molar-refractivity contribution in [2.75, 3.05) is 33.4 Å². The molecule has 0 saturated carbocycles. The molecule has 0 spiro atoms. The van der Waals surface area contributed by atoms with E-state index in [9.17, 15) is 4.79 Å². The van der Waals surface area contributed by atoms with Crippen LogP contribution >= 0.6 is 0 Å². The van der Waals surface area contributed by atoms with Crippen LogP contribution in [-0.2, 0) is 9.53 Å². The molecule has 114 valence electrons. The Labute approximate surface area is 124 Å². The molecule has 0 aliphatic carbocycles. The molecule has 1 aromatic rings. The number of carboxylic acid groups (broad SMARTS) is 1. The second kappa shape index (κ2) is 7.24. The van der Waals surface area contributed by atoms with Gasteiger partial charge in [-0.25, -0.2) is 4.79 Å². The Balaban J connectivity index is 2.03. The van der Waals surface area contributed by atoms with E-state index in [1.54, 1.807) is 6.08 Å². The molecule has 0 radical (unpaired) electrons. The van der Waals surface area contributed by atoms with Crippen LogP contribution in [0.3, 0.4) is 0 Å². The molecular formula is C16H21NO4. The second-order valence-electron chi connectivity index (χ2n) is 5.28. The summed E-state index contributed by atoms with van der Waals surface area (Å²) in [6, 6.07) is 5.72. The Morgan fingerprint density at radius 2 is 2.38 bits per heavy atom. The molecule has 1 N–H and O–H groups in total. The highest BCUT2D eigenvalue weighted by Gasteiger charge is 2.18. The zero-order valence-corrected chi connectivity index (χ0v) is 12.4. The third-order valence-corrected chi connectivity index (χ3v) is 3.34. The number of morpholine rings is 1. The maximum Gasteiger partial charge on any atom is 0.328 e. The predicted molar refractivity (Wildman–Crippen MR) is 80.6 cm³/mol. The monoisotopic (exact) mass is 291 g/mol. The lowest BCUT2D eigenvalue weighted by Gasteiger charge is -2.30. The van der Waals surface area contributed by atoms with Crippen molar-refractivity contribution < 1.29 is 19.4 Å². The topological polar surface area (TPSA) is 59.0 Å². The normalized spacial score (nSPS) is 19.8. The first-order valence-electron chi connectivity index (χ1n) is 6.99. The average Bonchev–Trinajstić information content (AvgIpc) is 2.44. The second-order valence-corrected chi connectivity index (χ2v) is 5.28. The van der Waals surface area contributed by atoms with Crippen LogP contribution in [0.5, 0.6) is 5.75 Å². The van der Waals surface area contributed by atoms with Gasteiger partial charge >= 0.3 is 5.97 Å². The minimum Gasteiger partial charge on any atom is -0.490 e. The van der Waals surface area contributed by atoms with E-state index in [0.717, 1.165) is 30.3 Å². The summed E-state index contributed by atoms with van der Waals surface area (Å²) in [7, 11) is 2.06.